The van der Waals surface area contributed by atoms with Gasteiger partial charge >= 0.3 is 0 Å². The largest absolute Gasteiger partial charge is 0.316 e. The maximum absolute atomic E-state index is 13.0. The summed E-state index contributed by atoms with van der Waals surface area (Å²) in [5.74, 6) is -0.545. The molecule has 0 spiro atoms. The number of aryl methyl sites for hydroxylation is 1. The van der Waals surface area contributed by atoms with E-state index >= 15 is 0 Å². The molecule has 0 saturated heterocycles. The average molecular weight is 381 g/mol. The molecule has 0 aliphatic heterocycles. The standard InChI is InChI=1S/C15H12FN3O4S2/c1-2-18-13-8-5-11(19(20)21)9-14(13)24-15(18)17-25(22,23)12-6-3-10(16)4-7-12/h3-9H,2H2,1H3. The van der Waals surface area contributed by atoms with Crippen LogP contribution in [0.5, 0.6) is 0 Å². The first-order chi connectivity index (χ1) is 11.8. The number of nitro benzene ring substituents is 1. The quantitative estimate of drug-likeness (QED) is 0.513. The van der Waals surface area contributed by atoms with E-state index in [4.69, 9.17) is 0 Å². The van der Waals surface area contributed by atoms with Crippen LogP contribution in [0, 0.1) is 15.9 Å². The van der Waals surface area contributed by atoms with Crippen molar-refractivity contribution < 1.29 is 17.7 Å². The van der Waals surface area contributed by atoms with Gasteiger partial charge in [0.25, 0.3) is 15.7 Å². The first-order valence-corrected chi connectivity index (χ1v) is 9.42. The van der Waals surface area contributed by atoms with Crippen LogP contribution in [0.15, 0.2) is 51.8 Å². The van der Waals surface area contributed by atoms with E-state index in [1.54, 1.807) is 10.6 Å². The van der Waals surface area contributed by atoms with Gasteiger partial charge in [-0.2, -0.15) is 8.42 Å². The molecule has 7 nitrogen and oxygen atoms in total. The second-order valence-electron chi connectivity index (χ2n) is 5.06. The molecule has 3 aromatic rings. The molecule has 0 atom stereocenters. The molecule has 0 fully saturated rings. The number of benzene rings is 2. The molecule has 0 radical (unpaired) electrons. The lowest BCUT2D eigenvalue weighted by Gasteiger charge is -2.01. The van der Waals surface area contributed by atoms with Crippen LogP contribution in [0.2, 0.25) is 0 Å². The maximum atomic E-state index is 13.0. The normalized spacial score (nSPS) is 12.6. The van der Waals surface area contributed by atoms with Gasteiger partial charge in [-0.05, 0) is 37.3 Å². The van der Waals surface area contributed by atoms with Crippen LogP contribution >= 0.6 is 11.3 Å². The Morgan fingerprint density at radius 3 is 2.52 bits per heavy atom. The van der Waals surface area contributed by atoms with Gasteiger partial charge in [-0.15, -0.1) is 4.40 Å². The minimum Gasteiger partial charge on any atom is -0.316 e. The van der Waals surface area contributed by atoms with Crippen LogP contribution in [-0.2, 0) is 16.6 Å². The summed E-state index contributed by atoms with van der Waals surface area (Å²) in [4.78, 5) is 10.5. The summed E-state index contributed by atoms with van der Waals surface area (Å²) in [7, 11) is -4.02. The van der Waals surface area contributed by atoms with E-state index in [-0.39, 0.29) is 15.4 Å². The van der Waals surface area contributed by atoms with Crippen molar-refractivity contribution in [2.45, 2.75) is 18.4 Å². The number of hydrogen-bond donors (Lipinski definition) is 0. The molecular weight excluding hydrogens is 369 g/mol. The Bertz CT molecular complexity index is 1130. The lowest BCUT2D eigenvalue weighted by molar-refractivity contribution is -0.384. The fourth-order valence-corrected chi connectivity index (χ4v) is 4.64. The highest BCUT2D eigenvalue weighted by Crippen LogP contribution is 2.23. The van der Waals surface area contributed by atoms with E-state index in [1.165, 1.54) is 12.1 Å². The van der Waals surface area contributed by atoms with Gasteiger partial charge in [0.2, 0.25) is 4.80 Å². The maximum Gasteiger partial charge on any atom is 0.285 e. The van der Waals surface area contributed by atoms with Gasteiger partial charge in [0.05, 0.1) is 20.0 Å². The zero-order chi connectivity index (χ0) is 18.2. The average Bonchev–Trinajstić information content (AvgIpc) is 2.90. The number of thiazole rings is 1. The Morgan fingerprint density at radius 2 is 1.92 bits per heavy atom. The summed E-state index contributed by atoms with van der Waals surface area (Å²) >= 11 is 1.04. The fourth-order valence-electron chi connectivity index (χ4n) is 2.31. The van der Waals surface area contributed by atoms with Crippen LogP contribution in [0.1, 0.15) is 6.92 Å². The molecule has 10 heteroatoms. The number of aromatic nitrogens is 1. The number of nitrogens with zero attached hydrogens (tertiary/aromatic N) is 3. The Labute approximate surface area is 145 Å². The van der Waals surface area contributed by atoms with Crippen molar-refractivity contribution in [3.05, 3.63) is 63.2 Å². The van der Waals surface area contributed by atoms with Crippen molar-refractivity contribution in [3.8, 4) is 0 Å². The van der Waals surface area contributed by atoms with Gasteiger partial charge < -0.3 is 4.57 Å². The van der Waals surface area contributed by atoms with Gasteiger partial charge in [0.15, 0.2) is 0 Å². The Kier molecular flexibility index (Phi) is 4.39. The van der Waals surface area contributed by atoms with E-state index < -0.39 is 20.8 Å². The highest BCUT2D eigenvalue weighted by Gasteiger charge is 2.16. The molecule has 0 N–H and O–H groups in total. The smallest absolute Gasteiger partial charge is 0.285 e. The van der Waals surface area contributed by atoms with Crippen molar-refractivity contribution in [3.63, 3.8) is 0 Å². The van der Waals surface area contributed by atoms with Crippen molar-refractivity contribution in [2.75, 3.05) is 0 Å². The number of nitro groups is 1. The second kappa shape index (κ2) is 6.37. The van der Waals surface area contributed by atoms with E-state index in [9.17, 15) is 22.9 Å². The second-order valence-corrected chi connectivity index (χ2v) is 7.67. The summed E-state index contributed by atoms with van der Waals surface area (Å²) in [5.41, 5.74) is 0.580. The molecule has 0 saturated carbocycles. The summed E-state index contributed by atoms with van der Waals surface area (Å²) in [6, 6.07) is 8.69. The van der Waals surface area contributed by atoms with Crippen LogP contribution < -0.4 is 4.80 Å². The number of fused-ring (bicyclic) bond motifs is 1. The number of rotatable bonds is 4. The summed E-state index contributed by atoms with van der Waals surface area (Å²) < 4.78 is 43.9. The third kappa shape index (κ3) is 3.30. The van der Waals surface area contributed by atoms with Crippen molar-refractivity contribution in [1.82, 2.24) is 4.57 Å². The van der Waals surface area contributed by atoms with E-state index in [2.05, 4.69) is 4.40 Å². The monoisotopic (exact) mass is 381 g/mol. The molecule has 1 aromatic heterocycles. The number of hydrogen-bond acceptors (Lipinski definition) is 5. The van der Waals surface area contributed by atoms with Crippen molar-refractivity contribution >= 4 is 37.3 Å². The first-order valence-electron chi connectivity index (χ1n) is 7.16. The molecular formula is C15H12FN3O4S2. The molecule has 25 heavy (non-hydrogen) atoms. The van der Waals surface area contributed by atoms with Crippen LogP contribution in [0.3, 0.4) is 0 Å². The molecule has 0 aliphatic carbocycles. The van der Waals surface area contributed by atoms with Gasteiger partial charge in [-0.1, -0.05) is 11.3 Å². The first kappa shape index (κ1) is 17.2. The lowest BCUT2D eigenvalue weighted by atomic mass is 10.3. The highest BCUT2D eigenvalue weighted by molar-refractivity contribution is 7.90. The SMILES string of the molecule is CCn1c(=NS(=O)(=O)c2ccc(F)cc2)sc2cc([N+](=O)[O-])ccc21. The number of halogens is 1. The molecule has 1 heterocycles. The van der Waals surface area contributed by atoms with Crippen molar-refractivity contribution in [1.29, 1.82) is 0 Å². The molecule has 3 rings (SSSR count). The van der Waals surface area contributed by atoms with Crippen LogP contribution in [-0.4, -0.2) is 17.9 Å². The predicted octanol–water partition coefficient (Wildman–Crippen LogP) is 3.06. The molecule has 0 unspecified atom stereocenters. The van der Waals surface area contributed by atoms with E-state index in [1.807, 2.05) is 6.92 Å². The predicted molar refractivity (Wildman–Crippen MR) is 91.3 cm³/mol. The third-order valence-electron chi connectivity index (χ3n) is 3.50. The summed E-state index contributed by atoms with van der Waals surface area (Å²) in [6.45, 7) is 2.26. The third-order valence-corrected chi connectivity index (χ3v) is 5.94. The molecule has 2 aromatic carbocycles. The minimum atomic E-state index is -4.02. The van der Waals surface area contributed by atoms with Crippen LogP contribution in [0.25, 0.3) is 10.2 Å². The fraction of sp³-hybridized carbons (Fsp3) is 0.133. The minimum absolute atomic E-state index is 0.0788. The highest BCUT2D eigenvalue weighted by atomic mass is 32.2. The molecule has 130 valence electrons. The van der Waals surface area contributed by atoms with Gasteiger partial charge in [0.1, 0.15) is 5.82 Å². The van der Waals surface area contributed by atoms with Gasteiger partial charge in [-0.3, -0.25) is 10.1 Å². The zero-order valence-electron chi connectivity index (χ0n) is 12.9. The topological polar surface area (TPSA) is 94.6 Å². The molecule has 0 bridgehead atoms. The number of sulfonamides is 1. The lowest BCUT2D eigenvalue weighted by Crippen LogP contribution is -2.16. The van der Waals surface area contributed by atoms with E-state index in [0.29, 0.717) is 16.8 Å². The van der Waals surface area contributed by atoms with E-state index in [0.717, 1.165) is 35.6 Å². The number of non-ortho nitro benzene ring substituents is 1. The van der Waals surface area contributed by atoms with Gasteiger partial charge in [-0.25, -0.2) is 4.39 Å². The van der Waals surface area contributed by atoms with Crippen molar-refractivity contribution in [2.24, 2.45) is 4.40 Å². The molecule has 0 amide bonds. The Balaban J connectivity index is 2.21. The van der Waals surface area contributed by atoms with Crippen LogP contribution in [0.4, 0.5) is 10.1 Å². The van der Waals surface area contributed by atoms with Gasteiger partial charge in [0, 0.05) is 18.7 Å². The zero-order valence-corrected chi connectivity index (χ0v) is 14.6. The Hall–Kier alpha value is -2.59. The summed E-state index contributed by atoms with van der Waals surface area (Å²) in [6.07, 6.45) is 0. The molecule has 0 aliphatic rings. The Morgan fingerprint density at radius 1 is 1.24 bits per heavy atom. The summed E-state index contributed by atoms with van der Waals surface area (Å²) in [5, 5.41) is 10.9.